The number of halogens is 1. The summed E-state index contributed by atoms with van der Waals surface area (Å²) in [5, 5.41) is 7.51. The van der Waals surface area contributed by atoms with E-state index >= 15 is 0 Å². The first-order chi connectivity index (χ1) is 15.8. The molecule has 0 unspecified atom stereocenters. The lowest BCUT2D eigenvalue weighted by molar-refractivity contribution is -0.155. The Hall–Kier alpha value is -3.46. The van der Waals surface area contributed by atoms with Crippen LogP contribution in [0.5, 0.6) is 0 Å². The van der Waals surface area contributed by atoms with Gasteiger partial charge in [-0.15, -0.1) is 0 Å². The molecule has 33 heavy (non-hydrogen) atoms. The van der Waals surface area contributed by atoms with Gasteiger partial charge in [-0.2, -0.15) is 4.98 Å². The van der Waals surface area contributed by atoms with Crippen LogP contribution in [0.2, 0.25) is 0 Å². The summed E-state index contributed by atoms with van der Waals surface area (Å²) in [6.45, 7) is 6.29. The van der Waals surface area contributed by atoms with Gasteiger partial charge in [0.2, 0.25) is 5.95 Å². The molecule has 0 aliphatic carbocycles. The van der Waals surface area contributed by atoms with Gasteiger partial charge in [-0.05, 0) is 73.1 Å². The molecule has 4 rings (SSSR count). The van der Waals surface area contributed by atoms with Crippen molar-refractivity contribution >= 4 is 50.3 Å². The highest BCUT2D eigenvalue weighted by Crippen LogP contribution is 2.25. The van der Waals surface area contributed by atoms with Crippen molar-refractivity contribution < 1.29 is 9.53 Å². The highest BCUT2D eigenvalue weighted by atomic mass is 79.9. The molecule has 0 aliphatic heterocycles. The Kier molecular flexibility index (Phi) is 6.60. The summed E-state index contributed by atoms with van der Waals surface area (Å²) in [5.41, 5.74) is 2.20. The molecule has 170 valence electrons. The normalized spacial score (nSPS) is 11.4. The number of hydrogen-bond acceptors (Lipinski definition) is 7. The molecule has 0 aliphatic rings. The number of rotatable bonds is 7. The summed E-state index contributed by atoms with van der Waals surface area (Å²) < 4.78 is 8.07. The van der Waals surface area contributed by atoms with E-state index in [1.807, 2.05) is 74.0 Å². The van der Waals surface area contributed by atoms with Gasteiger partial charge in [0.15, 0.2) is 0 Å². The lowest BCUT2D eigenvalue weighted by Gasteiger charge is -2.19. The van der Waals surface area contributed by atoms with Crippen LogP contribution in [0, 0.1) is 0 Å². The van der Waals surface area contributed by atoms with Crippen molar-refractivity contribution in [2.75, 3.05) is 10.6 Å². The minimum atomic E-state index is -0.507. The zero-order chi connectivity index (χ0) is 23.4. The van der Waals surface area contributed by atoms with Crippen molar-refractivity contribution in [3.05, 3.63) is 71.2 Å². The van der Waals surface area contributed by atoms with Crippen molar-refractivity contribution in [1.29, 1.82) is 0 Å². The highest BCUT2D eigenvalue weighted by molar-refractivity contribution is 9.10. The van der Waals surface area contributed by atoms with E-state index in [4.69, 9.17) is 4.74 Å². The summed E-state index contributed by atoms with van der Waals surface area (Å²) in [6, 6.07) is 13.6. The topological polar surface area (TPSA) is 94.0 Å². The number of nitrogens with zero attached hydrogens (tertiary/aromatic N) is 4. The summed E-state index contributed by atoms with van der Waals surface area (Å²) in [6.07, 6.45) is 5.34. The van der Waals surface area contributed by atoms with E-state index in [0.29, 0.717) is 18.3 Å². The number of carbonyl (C=O) groups is 1. The number of anilines is 3. The second-order valence-electron chi connectivity index (χ2n) is 8.49. The average molecular weight is 509 g/mol. The van der Waals surface area contributed by atoms with Crippen LogP contribution in [0.15, 0.2) is 65.5 Å². The van der Waals surface area contributed by atoms with Crippen molar-refractivity contribution in [2.45, 2.75) is 39.5 Å². The molecule has 4 aromatic rings. The molecule has 3 aromatic heterocycles. The summed E-state index contributed by atoms with van der Waals surface area (Å²) in [5.74, 6) is 0.869. The van der Waals surface area contributed by atoms with Crippen LogP contribution in [0.3, 0.4) is 0 Å². The van der Waals surface area contributed by atoms with Crippen LogP contribution in [0.4, 0.5) is 17.5 Å². The molecule has 0 saturated carbocycles. The van der Waals surface area contributed by atoms with Crippen LogP contribution in [-0.2, 0) is 22.6 Å². The van der Waals surface area contributed by atoms with Gasteiger partial charge in [0.05, 0.1) is 16.7 Å². The molecule has 3 heterocycles. The van der Waals surface area contributed by atoms with Crippen molar-refractivity contribution in [2.24, 2.45) is 0 Å². The number of ether oxygens (including phenoxy) is 1. The van der Waals surface area contributed by atoms with E-state index in [1.165, 1.54) is 0 Å². The number of hydrogen-bond donors (Lipinski definition) is 2. The first-order valence-electron chi connectivity index (χ1n) is 10.5. The van der Waals surface area contributed by atoms with Gasteiger partial charge in [-0.3, -0.25) is 9.78 Å². The maximum atomic E-state index is 12.2. The number of esters is 1. The van der Waals surface area contributed by atoms with E-state index in [2.05, 4.69) is 41.5 Å². The van der Waals surface area contributed by atoms with Gasteiger partial charge in [-0.25, -0.2) is 4.98 Å². The standard InChI is InChI=1S/C24H25BrN6O2/c1-24(2,3)33-21(32)15-31-11-9-16-12-17(7-8-20(16)31)29-23-28-14-19(25)22(30-23)27-13-18-6-4-5-10-26-18/h4-12,14H,13,15H2,1-3H3,(H2,27,28,29,30). The van der Waals surface area contributed by atoms with E-state index in [9.17, 15) is 4.79 Å². The Morgan fingerprint density at radius 2 is 2.00 bits per heavy atom. The lowest BCUT2D eigenvalue weighted by atomic mass is 10.2. The summed E-state index contributed by atoms with van der Waals surface area (Å²) in [4.78, 5) is 25.4. The first-order valence-corrected chi connectivity index (χ1v) is 11.3. The third kappa shape index (κ3) is 6.07. The molecular weight excluding hydrogens is 484 g/mol. The Labute approximate surface area is 200 Å². The second-order valence-corrected chi connectivity index (χ2v) is 9.35. The molecule has 0 bridgehead atoms. The minimum Gasteiger partial charge on any atom is -0.459 e. The number of pyridine rings is 1. The second kappa shape index (κ2) is 9.58. The number of fused-ring (bicyclic) bond motifs is 1. The molecule has 0 atom stereocenters. The fraction of sp³-hybridized carbons (Fsp3) is 0.250. The predicted octanol–water partition coefficient (Wildman–Crippen LogP) is 5.29. The van der Waals surface area contributed by atoms with Gasteiger partial charge < -0.3 is 19.9 Å². The number of nitrogens with one attached hydrogen (secondary N) is 2. The van der Waals surface area contributed by atoms with Gasteiger partial charge >= 0.3 is 5.97 Å². The lowest BCUT2D eigenvalue weighted by Crippen LogP contribution is -2.26. The van der Waals surface area contributed by atoms with Crippen LogP contribution in [0.25, 0.3) is 10.9 Å². The predicted molar refractivity (Wildman–Crippen MR) is 132 cm³/mol. The molecule has 9 heteroatoms. The Morgan fingerprint density at radius 1 is 1.15 bits per heavy atom. The van der Waals surface area contributed by atoms with Gasteiger partial charge in [0.1, 0.15) is 18.0 Å². The largest absolute Gasteiger partial charge is 0.459 e. The van der Waals surface area contributed by atoms with Crippen LogP contribution in [0.1, 0.15) is 26.5 Å². The summed E-state index contributed by atoms with van der Waals surface area (Å²) in [7, 11) is 0. The molecule has 0 spiro atoms. The maximum Gasteiger partial charge on any atom is 0.326 e. The fourth-order valence-electron chi connectivity index (χ4n) is 3.29. The molecule has 0 radical (unpaired) electrons. The zero-order valence-corrected chi connectivity index (χ0v) is 20.3. The van der Waals surface area contributed by atoms with E-state index in [1.54, 1.807) is 12.4 Å². The number of carbonyl (C=O) groups excluding carboxylic acids is 1. The molecule has 8 nitrogen and oxygen atoms in total. The molecule has 0 fully saturated rings. The molecule has 0 amide bonds. The minimum absolute atomic E-state index is 0.161. The molecule has 0 saturated heterocycles. The van der Waals surface area contributed by atoms with E-state index in [-0.39, 0.29) is 12.5 Å². The molecule has 2 N–H and O–H groups in total. The summed E-state index contributed by atoms with van der Waals surface area (Å²) >= 11 is 3.49. The number of aromatic nitrogens is 4. The number of benzene rings is 1. The Morgan fingerprint density at radius 3 is 2.76 bits per heavy atom. The van der Waals surface area contributed by atoms with Crippen molar-refractivity contribution in [3.63, 3.8) is 0 Å². The quantitative estimate of drug-likeness (QED) is 0.327. The average Bonchev–Trinajstić information content (AvgIpc) is 3.15. The smallest absolute Gasteiger partial charge is 0.326 e. The van der Waals surface area contributed by atoms with Gasteiger partial charge in [-0.1, -0.05) is 6.07 Å². The SMILES string of the molecule is CC(C)(C)OC(=O)Cn1ccc2cc(Nc3ncc(Br)c(NCc4ccccn4)n3)ccc21. The first kappa shape index (κ1) is 22.7. The van der Waals surface area contributed by atoms with Gasteiger partial charge in [0.25, 0.3) is 0 Å². The Bertz CT molecular complexity index is 1270. The van der Waals surface area contributed by atoms with E-state index < -0.39 is 5.60 Å². The third-order valence-corrected chi connectivity index (χ3v) is 5.23. The van der Waals surface area contributed by atoms with Crippen molar-refractivity contribution in [1.82, 2.24) is 19.5 Å². The van der Waals surface area contributed by atoms with E-state index in [0.717, 1.165) is 26.8 Å². The molecule has 1 aromatic carbocycles. The van der Waals surface area contributed by atoms with Crippen molar-refractivity contribution in [3.8, 4) is 0 Å². The maximum absolute atomic E-state index is 12.2. The van der Waals surface area contributed by atoms with Gasteiger partial charge in [0, 0.05) is 35.2 Å². The van der Waals surface area contributed by atoms with Crippen LogP contribution >= 0.6 is 15.9 Å². The molecular formula is C24H25BrN6O2. The third-order valence-electron chi connectivity index (χ3n) is 4.65. The monoisotopic (exact) mass is 508 g/mol. The fourth-order valence-corrected chi connectivity index (χ4v) is 3.62. The highest BCUT2D eigenvalue weighted by Gasteiger charge is 2.17. The van der Waals surface area contributed by atoms with Crippen LogP contribution in [-0.4, -0.2) is 31.1 Å². The van der Waals surface area contributed by atoms with Crippen LogP contribution < -0.4 is 10.6 Å². The zero-order valence-electron chi connectivity index (χ0n) is 18.7. The Balaban J connectivity index is 1.46.